The SMILES string of the molecule is Cc1cc(C)cc(NC(=O)Cn2ccn(CC(F)(F)F)c(=O)c2=O)c1. The van der Waals surface area contributed by atoms with Crippen molar-refractivity contribution in [1.29, 1.82) is 0 Å². The van der Waals surface area contributed by atoms with E-state index in [1.807, 2.05) is 19.9 Å². The summed E-state index contributed by atoms with van der Waals surface area (Å²) >= 11 is 0. The van der Waals surface area contributed by atoms with Gasteiger partial charge in [0.1, 0.15) is 13.1 Å². The van der Waals surface area contributed by atoms with Crippen molar-refractivity contribution in [1.82, 2.24) is 9.13 Å². The molecule has 0 radical (unpaired) electrons. The first kappa shape index (κ1) is 18.5. The smallest absolute Gasteiger partial charge is 0.325 e. The molecule has 9 heteroatoms. The number of aromatic nitrogens is 2. The van der Waals surface area contributed by atoms with Gasteiger partial charge in [0.25, 0.3) is 0 Å². The number of carbonyl (C=O) groups excluding carboxylic acids is 1. The molecule has 0 unspecified atom stereocenters. The molecule has 0 fully saturated rings. The van der Waals surface area contributed by atoms with E-state index in [4.69, 9.17) is 0 Å². The summed E-state index contributed by atoms with van der Waals surface area (Å²) in [6.07, 6.45) is -2.80. The molecule has 0 atom stereocenters. The van der Waals surface area contributed by atoms with E-state index in [1.165, 1.54) is 0 Å². The van der Waals surface area contributed by atoms with E-state index in [2.05, 4.69) is 5.32 Å². The first-order chi connectivity index (χ1) is 11.5. The molecular formula is C16H16F3N3O3. The molecule has 0 bridgehead atoms. The molecule has 1 aromatic carbocycles. The van der Waals surface area contributed by atoms with Gasteiger partial charge in [-0.1, -0.05) is 6.07 Å². The molecule has 0 aliphatic carbocycles. The van der Waals surface area contributed by atoms with Gasteiger partial charge in [0.2, 0.25) is 5.91 Å². The lowest BCUT2D eigenvalue weighted by Crippen LogP contribution is -2.43. The predicted octanol–water partition coefficient (Wildman–Crippen LogP) is 1.83. The van der Waals surface area contributed by atoms with Gasteiger partial charge in [-0.25, -0.2) is 0 Å². The van der Waals surface area contributed by atoms with E-state index in [0.29, 0.717) is 5.69 Å². The fraction of sp³-hybridized carbons (Fsp3) is 0.312. The number of aryl methyl sites for hydroxylation is 2. The Bertz CT molecular complexity index is 893. The second-order valence-corrected chi connectivity index (χ2v) is 5.70. The number of alkyl halides is 3. The number of hydrogen-bond donors (Lipinski definition) is 1. The highest BCUT2D eigenvalue weighted by Gasteiger charge is 2.28. The van der Waals surface area contributed by atoms with E-state index >= 15 is 0 Å². The largest absolute Gasteiger partial charge is 0.406 e. The van der Waals surface area contributed by atoms with Crippen LogP contribution in [-0.2, 0) is 17.9 Å². The van der Waals surface area contributed by atoms with Crippen molar-refractivity contribution in [3.05, 3.63) is 62.4 Å². The van der Waals surface area contributed by atoms with Crippen molar-refractivity contribution in [3.63, 3.8) is 0 Å². The van der Waals surface area contributed by atoms with E-state index < -0.39 is 36.3 Å². The van der Waals surface area contributed by atoms with Gasteiger partial charge in [-0.05, 0) is 37.1 Å². The maximum Gasteiger partial charge on any atom is 0.406 e. The number of hydrogen-bond acceptors (Lipinski definition) is 3. The van der Waals surface area contributed by atoms with Crippen LogP contribution < -0.4 is 16.4 Å². The fourth-order valence-electron chi connectivity index (χ4n) is 2.39. The Hall–Kier alpha value is -2.84. The average Bonchev–Trinajstić information content (AvgIpc) is 2.44. The van der Waals surface area contributed by atoms with Gasteiger partial charge in [-0.15, -0.1) is 0 Å². The highest BCUT2D eigenvalue weighted by atomic mass is 19.4. The zero-order chi connectivity index (χ0) is 18.8. The maximum atomic E-state index is 12.3. The van der Waals surface area contributed by atoms with E-state index in [0.717, 1.165) is 28.1 Å². The zero-order valence-electron chi connectivity index (χ0n) is 13.6. The molecule has 2 aromatic rings. The molecule has 0 spiro atoms. The summed E-state index contributed by atoms with van der Waals surface area (Å²) in [6, 6.07) is 5.38. The lowest BCUT2D eigenvalue weighted by Gasteiger charge is -2.11. The third-order valence-electron chi connectivity index (χ3n) is 3.30. The summed E-state index contributed by atoms with van der Waals surface area (Å²) in [7, 11) is 0. The van der Waals surface area contributed by atoms with Crippen LogP contribution in [0.25, 0.3) is 0 Å². The normalized spacial score (nSPS) is 11.4. The van der Waals surface area contributed by atoms with Crippen LogP contribution in [0.5, 0.6) is 0 Å². The van der Waals surface area contributed by atoms with Crippen LogP contribution >= 0.6 is 0 Å². The van der Waals surface area contributed by atoms with Gasteiger partial charge in [0.05, 0.1) is 0 Å². The van der Waals surface area contributed by atoms with E-state index in [9.17, 15) is 27.6 Å². The second kappa shape index (κ2) is 6.96. The summed E-state index contributed by atoms with van der Waals surface area (Å²) in [5.74, 6) is -0.569. The lowest BCUT2D eigenvalue weighted by atomic mass is 10.1. The van der Waals surface area contributed by atoms with Crippen LogP contribution in [0.1, 0.15) is 11.1 Å². The third kappa shape index (κ3) is 5.07. The Labute approximate surface area is 140 Å². The first-order valence-corrected chi connectivity index (χ1v) is 7.30. The number of halogens is 3. The molecule has 1 amide bonds. The molecule has 6 nitrogen and oxygen atoms in total. The average molecular weight is 355 g/mol. The van der Waals surface area contributed by atoms with Crippen LogP contribution in [0.2, 0.25) is 0 Å². The minimum atomic E-state index is -4.62. The maximum absolute atomic E-state index is 12.3. The van der Waals surface area contributed by atoms with Gasteiger partial charge in [-0.2, -0.15) is 13.2 Å². The van der Waals surface area contributed by atoms with Crippen LogP contribution in [0, 0.1) is 13.8 Å². The van der Waals surface area contributed by atoms with Crippen molar-refractivity contribution < 1.29 is 18.0 Å². The molecule has 1 N–H and O–H groups in total. The van der Waals surface area contributed by atoms with Gasteiger partial charge >= 0.3 is 17.3 Å². The van der Waals surface area contributed by atoms with Crippen LogP contribution in [-0.4, -0.2) is 21.2 Å². The quantitative estimate of drug-likeness (QED) is 0.851. The monoisotopic (exact) mass is 355 g/mol. The third-order valence-corrected chi connectivity index (χ3v) is 3.30. The first-order valence-electron chi connectivity index (χ1n) is 7.30. The Balaban J connectivity index is 2.17. The number of benzene rings is 1. The van der Waals surface area contributed by atoms with E-state index in [1.54, 1.807) is 12.1 Å². The topological polar surface area (TPSA) is 73.1 Å². The number of anilines is 1. The Morgan fingerprint density at radius 1 is 1.00 bits per heavy atom. The summed E-state index contributed by atoms with van der Waals surface area (Å²) in [4.78, 5) is 35.6. The van der Waals surface area contributed by atoms with Crippen molar-refractivity contribution in [2.75, 3.05) is 5.32 Å². The molecule has 0 saturated heterocycles. The van der Waals surface area contributed by atoms with Crippen molar-refractivity contribution in [3.8, 4) is 0 Å². The van der Waals surface area contributed by atoms with Crippen LogP contribution in [0.15, 0.2) is 40.2 Å². The minimum absolute atomic E-state index is 0.265. The van der Waals surface area contributed by atoms with E-state index in [-0.39, 0.29) is 4.57 Å². The Kier molecular flexibility index (Phi) is 5.15. The van der Waals surface area contributed by atoms with Gasteiger partial charge in [0.15, 0.2) is 0 Å². The van der Waals surface area contributed by atoms with Crippen molar-refractivity contribution >= 4 is 11.6 Å². The Morgan fingerprint density at radius 3 is 2.08 bits per heavy atom. The summed E-state index contributed by atoms with van der Waals surface area (Å²) in [5.41, 5.74) is -0.133. The fourth-order valence-corrected chi connectivity index (χ4v) is 2.39. The molecule has 134 valence electrons. The van der Waals surface area contributed by atoms with Gasteiger partial charge < -0.3 is 9.88 Å². The highest BCUT2D eigenvalue weighted by molar-refractivity contribution is 5.90. The molecule has 25 heavy (non-hydrogen) atoms. The molecular weight excluding hydrogens is 339 g/mol. The lowest BCUT2D eigenvalue weighted by molar-refractivity contribution is -0.141. The predicted molar refractivity (Wildman–Crippen MR) is 85.6 cm³/mol. The van der Waals surface area contributed by atoms with Crippen molar-refractivity contribution in [2.45, 2.75) is 33.1 Å². The number of nitrogens with one attached hydrogen (secondary N) is 1. The summed E-state index contributed by atoms with van der Waals surface area (Å²) in [6.45, 7) is 1.67. The number of rotatable bonds is 4. The second-order valence-electron chi connectivity index (χ2n) is 5.70. The number of nitrogens with zero attached hydrogens (tertiary/aromatic N) is 2. The molecule has 0 aliphatic rings. The van der Waals surface area contributed by atoms with Crippen LogP contribution in [0.3, 0.4) is 0 Å². The minimum Gasteiger partial charge on any atom is -0.325 e. The van der Waals surface area contributed by atoms with Gasteiger partial charge in [-0.3, -0.25) is 19.0 Å². The number of amides is 1. The standard InChI is InChI=1S/C16H16F3N3O3/c1-10-5-11(2)7-12(6-10)20-13(23)8-21-3-4-22(9-16(17,18)19)15(25)14(21)24/h3-7H,8-9H2,1-2H3,(H,20,23). The highest BCUT2D eigenvalue weighted by Crippen LogP contribution is 2.16. The zero-order valence-corrected chi connectivity index (χ0v) is 13.6. The molecule has 0 saturated carbocycles. The summed E-state index contributed by atoms with van der Waals surface area (Å²) in [5, 5.41) is 2.58. The van der Waals surface area contributed by atoms with Crippen molar-refractivity contribution in [2.24, 2.45) is 0 Å². The Morgan fingerprint density at radius 2 is 1.52 bits per heavy atom. The van der Waals surface area contributed by atoms with Gasteiger partial charge in [0, 0.05) is 18.1 Å². The molecule has 1 heterocycles. The molecule has 2 rings (SSSR count). The summed E-state index contributed by atoms with van der Waals surface area (Å²) < 4.78 is 38.1. The van der Waals surface area contributed by atoms with Crippen LogP contribution in [0.4, 0.5) is 18.9 Å². The number of carbonyl (C=O) groups is 1. The molecule has 1 aromatic heterocycles. The molecule has 0 aliphatic heterocycles.